The van der Waals surface area contributed by atoms with Gasteiger partial charge in [-0.25, -0.2) is 12.7 Å². The molecule has 0 radical (unpaired) electrons. The van der Waals surface area contributed by atoms with E-state index in [9.17, 15) is 13.2 Å². The molecule has 0 aliphatic rings. The Morgan fingerprint density at radius 1 is 1.11 bits per heavy atom. The van der Waals surface area contributed by atoms with Gasteiger partial charge in [0.05, 0.1) is 24.2 Å². The number of ether oxygens (including phenoxy) is 1. The first-order valence-corrected chi connectivity index (χ1v) is 9.80. The number of methoxy groups -OCH3 is 1. The van der Waals surface area contributed by atoms with E-state index in [1.54, 1.807) is 25.3 Å². The lowest BCUT2D eigenvalue weighted by atomic mass is 10.1. The molecule has 2 aromatic rings. The molecular formula is C19H25N3O4S. The van der Waals surface area contributed by atoms with E-state index in [2.05, 4.69) is 4.98 Å². The summed E-state index contributed by atoms with van der Waals surface area (Å²) < 4.78 is 30.8. The number of pyridine rings is 1. The average Bonchev–Trinajstić information content (AvgIpc) is 2.63. The maximum atomic E-state index is 12.7. The van der Waals surface area contributed by atoms with Gasteiger partial charge in [-0.05, 0) is 38.1 Å². The van der Waals surface area contributed by atoms with E-state index in [-0.39, 0.29) is 10.8 Å². The number of aromatic nitrogens is 1. The Hall–Kier alpha value is -2.45. The summed E-state index contributed by atoms with van der Waals surface area (Å²) in [6, 6.07) is 5.92. The van der Waals surface area contributed by atoms with Crippen LogP contribution in [0.3, 0.4) is 0 Å². The molecule has 1 aromatic carbocycles. The summed E-state index contributed by atoms with van der Waals surface area (Å²) in [6.07, 6.45) is 1.72. The van der Waals surface area contributed by atoms with Gasteiger partial charge in [0.25, 0.3) is 5.91 Å². The topological polar surface area (TPSA) is 79.8 Å². The van der Waals surface area contributed by atoms with Gasteiger partial charge in [0.2, 0.25) is 10.0 Å². The minimum atomic E-state index is -3.52. The van der Waals surface area contributed by atoms with Crippen molar-refractivity contribution in [2.24, 2.45) is 0 Å². The van der Waals surface area contributed by atoms with Crippen LogP contribution in [0.25, 0.3) is 0 Å². The molecule has 8 heteroatoms. The Kier molecular flexibility index (Phi) is 6.22. The molecule has 146 valence electrons. The monoisotopic (exact) mass is 391 g/mol. The second kappa shape index (κ2) is 8.06. The van der Waals surface area contributed by atoms with Crippen LogP contribution in [-0.2, 0) is 16.6 Å². The SMILES string of the molecule is COc1c(C)cnc(CN(C)C(=O)c2ccc(S(=O)(=O)N(C)C)cc2)c1C. The van der Waals surface area contributed by atoms with E-state index < -0.39 is 10.0 Å². The summed E-state index contributed by atoms with van der Waals surface area (Å²) in [5, 5.41) is 0. The standard InChI is InChI=1S/C19H25N3O4S/c1-13-11-20-17(14(2)18(13)26-6)12-22(5)19(23)15-7-9-16(10-8-15)27(24,25)21(3)4/h7-11H,12H2,1-6H3. The quantitative estimate of drug-likeness (QED) is 0.754. The molecule has 0 N–H and O–H groups in total. The van der Waals surface area contributed by atoms with Crippen molar-refractivity contribution in [3.63, 3.8) is 0 Å². The molecule has 0 aliphatic carbocycles. The Morgan fingerprint density at radius 2 is 1.70 bits per heavy atom. The van der Waals surface area contributed by atoms with Gasteiger partial charge in [-0.3, -0.25) is 9.78 Å². The minimum absolute atomic E-state index is 0.146. The summed E-state index contributed by atoms with van der Waals surface area (Å²) in [6.45, 7) is 4.15. The van der Waals surface area contributed by atoms with E-state index >= 15 is 0 Å². The molecule has 7 nitrogen and oxygen atoms in total. The number of carbonyl (C=O) groups is 1. The van der Waals surface area contributed by atoms with Gasteiger partial charge in [-0.1, -0.05) is 0 Å². The maximum Gasteiger partial charge on any atom is 0.253 e. The molecule has 0 saturated carbocycles. The zero-order chi connectivity index (χ0) is 20.4. The highest BCUT2D eigenvalue weighted by molar-refractivity contribution is 7.89. The van der Waals surface area contributed by atoms with E-state index in [0.29, 0.717) is 12.1 Å². The van der Waals surface area contributed by atoms with Crippen LogP contribution in [-0.4, -0.2) is 56.8 Å². The number of nitrogens with zero attached hydrogens (tertiary/aromatic N) is 3. The van der Waals surface area contributed by atoms with Crippen molar-refractivity contribution in [2.75, 3.05) is 28.3 Å². The van der Waals surface area contributed by atoms with Crippen molar-refractivity contribution in [3.05, 3.63) is 52.8 Å². The third-order valence-electron chi connectivity index (χ3n) is 4.36. The van der Waals surface area contributed by atoms with Crippen molar-refractivity contribution in [2.45, 2.75) is 25.3 Å². The number of rotatable bonds is 6. The Bertz CT molecular complexity index is 938. The fraction of sp³-hybridized carbons (Fsp3) is 0.368. The predicted octanol–water partition coefficient (Wildman–Crippen LogP) is 2.23. The first-order chi connectivity index (χ1) is 12.6. The number of hydrogen-bond acceptors (Lipinski definition) is 5. The average molecular weight is 391 g/mol. The molecule has 1 heterocycles. The summed E-state index contributed by atoms with van der Waals surface area (Å²) >= 11 is 0. The highest BCUT2D eigenvalue weighted by Gasteiger charge is 2.19. The normalized spacial score (nSPS) is 11.5. The maximum absolute atomic E-state index is 12.7. The number of hydrogen-bond donors (Lipinski definition) is 0. The van der Waals surface area contributed by atoms with Crippen LogP contribution in [0.4, 0.5) is 0 Å². The van der Waals surface area contributed by atoms with Crippen LogP contribution in [0.15, 0.2) is 35.4 Å². The summed E-state index contributed by atoms with van der Waals surface area (Å²) in [7, 11) is 2.70. The van der Waals surface area contributed by atoms with Gasteiger partial charge in [0, 0.05) is 44.0 Å². The van der Waals surface area contributed by atoms with Gasteiger partial charge in [0.1, 0.15) is 5.75 Å². The lowest BCUT2D eigenvalue weighted by Gasteiger charge is -2.20. The summed E-state index contributed by atoms with van der Waals surface area (Å²) in [5.74, 6) is 0.545. The molecule has 0 spiro atoms. The van der Waals surface area contributed by atoms with Crippen molar-refractivity contribution >= 4 is 15.9 Å². The van der Waals surface area contributed by atoms with E-state index in [1.807, 2.05) is 13.8 Å². The molecule has 1 amide bonds. The zero-order valence-corrected chi connectivity index (χ0v) is 17.3. The van der Waals surface area contributed by atoms with Gasteiger partial charge >= 0.3 is 0 Å². The van der Waals surface area contributed by atoms with Crippen LogP contribution >= 0.6 is 0 Å². The van der Waals surface area contributed by atoms with Crippen LogP contribution in [0.2, 0.25) is 0 Å². The number of sulfonamides is 1. The van der Waals surface area contributed by atoms with Gasteiger partial charge in [-0.15, -0.1) is 0 Å². The first-order valence-electron chi connectivity index (χ1n) is 8.36. The third kappa shape index (κ3) is 4.28. The molecule has 0 aliphatic heterocycles. The second-order valence-corrected chi connectivity index (χ2v) is 8.67. The van der Waals surface area contributed by atoms with Crippen molar-refractivity contribution in [1.29, 1.82) is 0 Å². The molecule has 2 rings (SSSR count). The predicted molar refractivity (Wildman–Crippen MR) is 103 cm³/mol. The molecule has 0 unspecified atom stereocenters. The molecule has 0 fully saturated rings. The Labute approximate surface area is 160 Å². The third-order valence-corrected chi connectivity index (χ3v) is 6.19. The zero-order valence-electron chi connectivity index (χ0n) is 16.5. The highest BCUT2D eigenvalue weighted by atomic mass is 32.2. The fourth-order valence-electron chi connectivity index (χ4n) is 2.73. The molecule has 1 aromatic heterocycles. The fourth-order valence-corrected chi connectivity index (χ4v) is 3.63. The Morgan fingerprint density at radius 3 is 2.22 bits per heavy atom. The minimum Gasteiger partial charge on any atom is -0.496 e. The lowest BCUT2D eigenvalue weighted by Crippen LogP contribution is -2.27. The second-order valence-electron chi connectivity index (χ2n) is 6.52. The molecule has 0 saturated heterocycles. The number of carbonyl (C=O) groups excluding carboxylic acids is 1. The number of benzene rings is 1. The summed E-state index contributed by atoms with van der Waals surface area (Å²) in [4.78, 5) is 18.8. The molecule has 0 bridgehead atoms. The lowest BCUT2D eigenvalue weighted by molar-refractivity contribution is 0.0783. The number of amides is 1. The highest BCUT2D eigenvalue weighted by Crippen LogP contribution is 2.25. The van der Waals surface area contributed by atoms with Crippen molar-refractivity contribution < 1.29 is 17.9 Å². The Balaban J connectivity index is 2.21. The van der Waals surface area contributed by atoms with Gasteiger partial charge in [0.15, 0.2) is 0 Å². The first kappa shape index (κ1) is 20.9. The van der Waals surface area contributed by atoms with Crippen molar-refractivity contribution in [1.82, 2.24) is 14.2 Å². The summed E-state index contributed by atoms with van der Waals surface area (Å²) in [5.41, 5.74) is 2.99. The van der Waals surface area contributed by atoms with Gasteiger partial charge < -0.3 is 9.64 Å². The van der Waals surface area contributed by atoms with E-state index in [1.165, 1.54) is 38.4 Å². The van der Waals surface area contributed by atoms with E-state index in [4.69, 9.17) is 4.74 Å². The molecular weight excluding hydrogens is 366 g/mol. The van der Waals surface area contributed by atoms with Crippen LogP contribution in [0, 0.1) is 13.8 Å². The molecule has 27 heavy (non-hydrogen) atoms. The molecule has 0 atom stereocenters. The van der Waals surface area contributed by atoms with Crippen LogP contribution in [0.5, 0.6) is 5.75 Å². The van der Waals surface area contributed by atoms with E-state index in [0.717, 1.165) is 26.9 Å². The van der Waals surface area contributed by atoms with Crippen LogP contribution < -0.4 is 4.74 Å². The smallest absolute Gasteiger partial charge is 0.253 e. The number of aryl methyl sites for hydroxylation is 1. The van der Waals surface area contributed by atoms with Gasteiger partial charge in [-0.2, -0.15) is 0 Å². The van der Waals surface area contributed by atoms with Crippen LogP contribution in [0.1, 0.15) is 27.2 Å². The van der Waals surface area contributed by atoms with Crippen molar-refractivity contribution in [3.8, 4) is 5.75 Å². The largest absolute Gasteiger partial charge is 0.496 e.